The highest BCUT2D eigenvalue weighted by atomic mass is 35.5. The average molecular weight is 521 g/mol. The zero-order valence-corrected chi connectivity index (χ0v) is 19.9. The van der Waals surface area contributed by atoms with E-state index in [0.29, 0.717) is 17.7 Å². The van der Waals surface area contributed by atoms with Gasteiger partial charge in [0.2, 0.25) is 0 Å². The minimum absolute atomic E-state index is 0.0162. The van der Waals surface area contributed by atoms with Crippen molar-refractivity contribution >= 4 is 27.5 Å². The molecule has 0 aromatic heterocycles. The van der Waals surface area contributed by atoms with Crippen molar-refractivity contribution in [2.75, 3.05) is 6.61 Å². The third-order valence-corrected chi connectivity index (χ3v) is 7.13. The fourth-order valence-electron chi connectivity index (χ4n) is 3.60. The minimum Gasteiger partial charge on any atom is -0.489 e. The van der Waals surface area contributed by atoms with E-state index in [2.05, 4.69) is 0 Å². The van der Waals surface area contributed by atoms with E-state index in [9.17, 15) is 22.8 Å². The first kappa shape index (κ1) is 25.1. The van der Waals surface area contributed by atoms with Crippen molar-refractivity contribution in [1.82, 2.24) is 10.0 Å². The monoisotopic (exact) mass is 520 g/mol. The van der Waals surface area contributed by atoms with E-state index >= 15 is 0 Å². The van der Waals surface area contributed by atoms with Crippen LogP contribution in [0.5, 0.6) is 5.75 Å². The molecule has 11 heteroatoms. The SMILES string of the molecule is O=C(C1COC(c2ccccc2)C1)N(O)NS(=O)(=O)c1ccc(OCc2ccc(F)cc2Cl)cc1. The summed E-state index contributed by atoms with van der Waals surface area (Å²) in [6.07, 6.45) is -0.00126. The Bertz CT molecular complexity index is 1290. The molecule has 1 fully saturated rings. The number of hydrazine groups is 1. The van der Waals surface area contributed by atoms with Gasteiger partial charge in [0.25, 0.3) is 15.9 Å². The first-order valence-electron chi connectivity index (χ1n) is 10.6. The normalized spacial score (nSPS) is 17.8. The molecular weight excluding hydrogens is 499 g/mol. The van der Waals surface area contributed by atoms with Gasteiger partial charge in [-0.25, -0.2) is 12.8 Å². The highest BCUT2D eigenvalue weighted by Gasteiger charge is 2.35. The highest BCUT2D eigenvalue weighted by molar-refractivity contribution is 7.89. The van der Waals surface area contributed by atoms with Crippen LogP contribution in [0.2, 0.25) is 5.02 Å². The number of hydroxylamine groups is 1. The lowest BCUT2D eigenvalue weighted by molar-refractivity contribution is -0.177. The zero-order valence-electron chi connectivity index (χ0n) is 18.3. The Morgan fingerprint density at radius 2 is 1.86 bits per heavy atom. The smallest absolute Gasteiger partial charge is 0.267 e. The van der Waals surface area contributed by atoms with Crippen LogP contribution in [0.1, 0.15) is 23.7 Å². The van der Waals surface area contributed by atoms with Crippen molar-refractivity contribution in [2.24, 2.45) is 5.92 Å². The summed E-state index contributed by atoms with van der Waals surface area (Å²) in [7, 11) is -4.25. The largest absolute Gasteiger partial charge is 0.489 e. The van der Waals surface area contributed by atoms with Gasteiger partial charge in [-0.05, 0) is 48.4 Å². The molecule has 35 heavy (non-hydrogen) atoms. The predicted molar refractivity (Wildman–Crippen MR) is 124 cm³/mol. The maximum Gasteiger partial charge on any atom is 0.267 e. The lowest BCUT2D eigenvalue weighted by Gasteiger charge is -2.19. The van der Waals surface area contributed by atoms with Crippen LogP contribution in [-0.2, 0) is 26.2 Å². The summed E-state index contributed by atoms with van der Waals surface area (Å²) >= 11 is 5.97. The number of rotatable bonds is 8. The van der Waals surface area contributed by atoms with Gasteiger partial charge in [0, 0.05) is 5.56 Å². The van der Waals surface area contributed by atoms with Gasteiger partial charge in [0.05, 0.1) is 28.5 Å². The quantitative estimate of drug-likeness (QED) is 0.340. The van der Waals surface area contributed by atoms with E-state index in [1.807, 2.05) is 35.2 Å². The van der Waals surface area contributed by atoms with E-state index in [1.165, 1.54) is 42.5 Å². The third kappa shape index (κ3) is 6.16. The number of amides is 1. The second-order valence-electron chi connectivity index (χ2n) is 7.91. The number of carbonyl (C=O) groups is 1. The number of ether oxygens (including phenoxy) is 2. The van der Waals surface area contributed by atoms with Crippen molar-refractivity contribution in [1.29, 1.82) is 0 Å². The number of hydrogen-bond donors (Lipinski definition) is 2. The molecule has 0 bridgehead atoms. The first-order valence-corrected chi connectivity index (χ1v) is 12.5. The number of nitrogens with one attached hydrogen (secondary N) is 1. The molecule has 2 N–H and O–H groups in total. The molecule has 3 aromatic rings. The Morgan fingerprint density at radius 1 is 1.14 bits per heavy atom. The third-order valence-electron chi connectivity index (χ3n) is 5.48. The van der Waals surface area contributed by atoms with Crippen molar-refractivity contribution in [3.63, 3.8) is 0 Å². The van der Waals surface area contributed by atoms with Gasteiger partial charge < -0.3 is 9.47 Å². The Balaban J connectivity index is 1.33. The summed E-state index contributed by atoms with van der Waals surface area (Å²) in [5.74, 6) is -1.64. The van der Waals surface area contributed by atoms with Crippen LogP contribution in [0.15, 0.2) is 77.7 Å². The number of sulfonamides is 1. The summed E-state index contributed by atoms with van der Waals surface area (Å²) in [5.41, 5.74) is 1.46. The van der Waals surface area contributed by atoms with Gasteiger partial charge in [-0.2, -0.15) is 0 Å². The highest BCUT2D eigenvalue weighted by Crippen LogP contribution is 2.33. The zero-order chi connectivity index (χ0) is 25.0. The van der Waals surface area contributed by atoms with Crippen LogP contribution < -0.4 is 9.57 Å². The molecule has 0 radical (unpaired) electrons. The van der Waals surface area contributed by atoms with Crippen LogP contribution in [0.3, 0.4) is 0 Å². The Morgan fingerprint density at radius 3 is 2.54 bits per heavy atom. The maximum atomic E-state index is 13.1. The Hall–Kier alpha value is -3.02. The summed E-state index contributed by atoms with van der Waals surface area (Å²) < 4.78 is 49.6. The van der Waals surface area contributed by atoms with Gasteiger partial charge in [-0.1, -0.05) is 52.8 Å². The van der Waals surface area contributed by atoms with Crippen molar-refractivity contribution in [3.8, 4) is 5.75 Å². The number of nitrogens with zero attached hydrogens (tertiary/aromatic N) is 1. The van der Waals surface area contributed by atoms with E-state index in [4.69, 9.17) is 21.1 Å². The summed E-state index contributed by atoms with van der Waals surface area (Å²) in [6.45, 7) is 0.108. The van der Waals surface area contributed by atoms with Gasteiger partial charge in [-0.15, -0.1) is 5.17 Å². The molecule has 4 rings (SSSR count). The fourth-order valence-corrected chi connectivity index (χ4v) is 4.74. The predicted octanol–water partition coefficient (Wildman–Crippen LogP) is 4.25. The average Bonchev–Trinajstić information content (AvgIpc) is 3.34. The number of carbonyl (C=O) groups excluding carboxylic acids is 1. The first-order chi connectivity index (χ1) is 16.7. The van der Waals surface area contributed by atoms with Crippen LogP contribution in [0, 0.1) is 11.7 Å². The second-order valence-corrected chi connectivity index (χ2v) is 9.97. The molecular formula is C24H22ClFN2O6S. The molecule has 184 valence electrons. The van der Waals surface area contributed by atoms with E-state index in [1.54, 1.807) is 0 Å². The Kier molecular flexibility index (Phi) is 7.68. The van der Waals surface area contributed by atoms with E-state index in [-0.39, 0.29) is 34.4 Å². The van der Waals surface area contributed by atoms with Crippen molar-refractivity contribution in [3.05, 3.63) is 94.8 Å². The molecule has 1 amide bonds. The topological polar surface area (TPSA) is 105 Å². The van der Waals surface area contributed by atoms with Crippen LogP contribution in [0.25, 0.3) is 0 Å². The number of hydrogen-bond acceptors (Lipinski definition) is 6. The molecule has 0 spiro atoms. The van der Waals surface area contributed by atoms with Crippen LogP contribution in [-0.4, -0.2) is 31.3 Å². The standard InChI is InChI=1S/C24H22ClFN2O6S/c25-22-13-19(26)7-6-17(22)14-33-20-8-10-21(11-9-20)35(31,32)27-28(30)24(29)18-12-23(34-15-18)16-4-2-1-3-5-16/h1-11,13,18,23,27,30H,12,14-15H2. The van der Waals surface area contributed by atoms with Gasteiger partial charge in [-0.3, -0.25) is 10.0 Å². The molecule has 0 saturated carbocycles. The summed E-state index contributed by atoms with van der Waals surface area (Å²) in [5, 5.41) is 10.3. The van der Waals surface area contributed by atoms with E-state index in [0.717, 1.165) is 5.56 Å². The lowest BCUT2D eigenvalue weighted by Crippen LogP contribution is -2.46. The molecule has 1 heterocycles. The molecule has 1 aliphatic heterocycles. The molecule has 2 atom stereocenters. The fraction of sp³-hybridized carbons (Fsp3) is 0.208. The second kappa shape index (κ2) is 10.7. The molecule has 1 saturated heterocycles. The lowest BCUT2D eigenvalue weighted by atomic mass is 10.0. The molecule has 3 aromatic carbocycles. The summed E-state index contributed by atoms with van der Waals surface area (Å²) in [6, 6.07) is 18.6. The minimum atomic E-state index is -4.25. The summed E-state index contributed by atoms with van der Waals surface area (Å²) in [4.78, 5) is 14.2. The maximum absolute atomic E-state index is 13.1. The molecule has 8 nitrogen and oxygen atoms in total. The number of benzene rings is 3. The Labute approximate surface area is 206 Å². The van der Waals surface area contributed by atoms with Gasteiger partial charge >= 0.3 is 0 Å². The van der Waals surface area contributed by atoms with Gasteiger partial charge in [0.1, 0.15) is 18.2 Å². The molecule has 0 aliphatic carbocycles. The van der Waals surface area contributed by atoms with Crippen LogP contribution >= 0.6 is 11.6 Å². The van der Waals surface area contributed by atoms with E-state index < -0.39 is 27.7 Å². The van der Waals surface area contributed by atoms with Crippen molar-refractivity contribution < 1.29 is 32.3 Å². The number of halogens is 2. The van der Waals surface area contributed by atoms with Crippen molar-refractivity contribution in [2.45, 2.75) is 24.0 Å². The molecule has 2 unspecified atom stereocenters. The van der Waals surface area contributed by atoms with Crippen LogP contribution in [0.4, 0.5) is 4.39 Å². The van der Waals surface area contributed by atoms with Gasteiger partial charge in [0.15, 0.2) is 0 Å². The molecule has 1 aliphatic rings.